The Bertz CT molecular complexity index is 960. The zero-order valence-corrected chi connectivity index (χ0v) is 18.3. The molecule has 2 aromatic rings. The van der Waals surface area contributed by atoms with Crippen LogP contribution in [0.15, 0.2) is 41.3 Å². The maximum Gasteiger partial charge on any atom is 0.266 e. The van der Waals surface area contributed by atoms with Crippen LogP contribution in [0.1, 0.15) is 24.5 Å². The summed E-state index contributed by atoms with van der Waals surface area (Å²) < 4.78 is 25.7. The molecule has 4 nitrogen and oxygen atoms in total. The molecule has 3 rings (SSSR count). The highest BCUT2D eigenvalue weighted by atomic mass is 35.5. The van der Waals surface area contributed by atoms with E-state index >= 15 is 0 Å². The molecule has 1 aliphatic heterocycles. The second-order valence-corrected chi connectivity index (χ2v) is 8.32. The standard InChI is InChI=1S/C21H19ClFNO3S2/c1-3-9-24-20(25)19(29-21(24)28)11-13-7-8-17(26-2)18(10-13)27-12-14-15(22)5-4-6-16(14)23/h4-8,10-11H,3,9,12H2,1-2H3/b19-11-. The van der Waals surface area contributed by atoms with E-state index in [2.05, 4.69) is 0 Å². The Balaban J connectivity index is 1.84. The Morgan fingerprint density at radius 1 is 1.28 bits per heavy atom. The van der Waals surface area contributed by atoms with Crippen LogP contribution >= 0.6 is 35.6 Å². The summed E-state index contributed by atoms with van der Waals surface area (Å²) in [5.41, 5.74) is 1.01. The molecule has 1 fully saturated rings. The fourth-order valence-corrected chi connectivity index (χ4v) is 4.31. The van der Waals surface area contributed by atoms with Gasteiger partial charge >= 0.3 is 0 Å². The Kier molecular flexibility index (Phi) is 7.16. The lowest BCUT2D eigenvalue weighted by molar-refractivity contribution is -0.122. The normalized spacial score (nSPS) is 15.3. The van der Waals surface area contributed by atoms with Crippen molar-refractivity contribution in [3.63, 3.8) is 0 Å². The Labute approximate surface area is 183 Å². The zero-order chi connectivity index (χ0) is 21.0. The fourth-order valence-electron chi connectivity index (χ4n) is 2.78. The van der Waals surface area contributed by atoms with E-state index in [0.717, 1.165) is 12.0 Å². The smallest absolute Gasteiger partial charge is 0.266 e. The topological polar surface area (TPSA) is 38.8 Å². The first kappa shape index (κ1) is 21.6. The minimum Gasteiger partial charge on any atom is -0.493 e. The van der Waals surface area contributed by atoms with Gasteiger partial charge in [0, 0.05) is 12.1 Å². The number of carbonyl (C=O) groups is 1. The first-order chi connectivity index (χ1) is 13.9. The van der Waals surface area contributed by atoms with Gasteiger partial charge in [0.2, 0.25) is 0 Å². The number of halogens is 2. The SMILES string of the molecule is CCCN1C(=O)/C(=C/c2ccc(OC)c(OCc3c(F)cccc3Cl)c2)SC1=S. The molecule has 152 valence electrons. The van der Waals surface area contributed by atoms with Crippen molar-refractivity contribution in [2.75, 3.05) is 13.7 Å². The fraction of sp³-hybridized carbons (Fsp3) is 0.238. The molecule has 0 bridgehead atoms. The summed E-state index contributed by atoms with van der Waals surface area (Å²) in [4.78, 5) is 14.7. The van der Waals surface area contributed by atoms with Gasteiger partial charge in [-0.15, -0.1) is 0 Å². The van der Waals surface area contributed by atoms with Crippen LogP contribution in [0.3, 0.4) is 0 Å². The van der Waals surface area contributed by atoms with Gasteiger partial charge < -0.3 is 9.47 Å². The van der Waals surface area contributed by atoms with E-state index in [1.165, 1.54) is 31.0 Å². The summed E-state index contributed by atoms with van der Waals surface area (Å²) >= 11 is 12.6. The van der Waals surface area contributed by atoms with E-state index < -0.39 is 5.82 Å². The van der Waals surface area contributed by atoms with Crippen LogP contribution in [0.25, 0.3) is 6.08 Å². The lowest BCUT2D eigenvalue weighted by Crippen LogP contribution is -2.28. The number of amides is 1. The minimum atomic E-state index is -0.438. The van der Waals surface area contributed by atoms with E-state index in [9.17, 15) is 9.18 Å². The van der Waals surface area contributed by atoms with Gasteiger partial charge in [-0.2, -0.15) is 0 Å². The van der Waals surface area contributed by atoms with Crippen molar-refractivity contribution >= 4 is 51.9 Å². The second kappa shape index (κ2) is 9.61. The molecule has 0 spiro atoms. The number of hydrogen-bond donors (Lipinski definition) is 0. The van der Waals surface area contributed by atoms with E-state index in [4.69, 9.17) is 33.3 Å². The predicted octanol–water partition coefficient (Wildman–Crippen LogP) is 5.68. The van der Waals surface area contributed by atoms with Crippen LogP contribution in [0.2, 0.25) is 5.02 Å². The van der Waals surface area contributed by atoms with Gasteiger partial charge in [-0.05, 0) is 42.3 Å². The van der Waals surface area contributed by atoms with Gasteiger partial charge in [-0.1, -0.05) is 54.6 Å². The molecule has 8 heteroatoms. The van der Waals surface area contributed by atoms with Gasteiger partial charge in [0.15, 0.2) is 11.5 Å². The molecule has 29 heavy (non-hydrogen) atoms. The third kappa shape index (κ3) is 4.91. The highest BCUT2D eigenvalue weighted by Gasteiger charge is 2.31. The number of carbonyl (C=O) groups excluding carboxylic acids is 1. The van der Waals surface area contributed by atoms with E-state index in [1.54, 1.807) is 29.2 Å². The minimum absolute atomic E-state index is 0.0517. The maximum absolute atomic E-state index is 14.0. The molecule has 1 amide bonds. The lowest BCUT2D eigenvalue weighted by atomic mass is 10.1. The van der Waals surface area contributed by atoms with Gasteiger partial charge in [-0.3, -0.25) is 9.69 Å². The largest absolute Gasteiger partial charge is 0.493 e. The summed E-state index contributed by atoms with van der Waals surface area (Å²) in [5, 5.41) is 0.291. The van der Waals surface area contributed by atoms with Crippen molar-refractivity contribution in [2.45, 2.75) is 20.0 Å². The quantitative estimate of drug-likeness (QED) is 0.400. The zero-order valence-electron chi connectivity index (χ0n) is 15.9. The van der Waals surface area contributed by atoms with Crippen LogP contribution in [0.5, 0.6) is 11.5 Å². The third-order valence-electron chi connectivity index (χ3n) is 4.24. The van der Waals surface area contributed by atoms with Gasteiger partial charge in [0.1, 0.15) is 16.7 Å². The molecular formula is C21H19ClFNO3S2. The maximum atomic E-state index is 14.0. The summed E-state index contributed by atoms with van der Waals surface area (Å²) in [6.07, 6.45) is 2.59. The molecule has 0 aliphatic carbocycles. The molecule has 0 radical (unpaired) electrons. The molecule has 1 aliphatic rings. The molecule has 0 unspecified atom stereocenters. The van der Waals surface area contributed by atoms with Crippen LogP contribution in [0.4, 0.5) is 4.39 Å². The van der Waals surface area contributed by atoms with Crippen LogP contribution in [-0.2, 0) is 11.4 Å². The van der Waals surface area contributed by atoms with Crippen molar-refractivity contribution in [1.29, 1.82) is 0 Å². The number of methoxy groups -OCH3 is 1. The number of thiocarbonyl (C=S) groups is 1. The van der Waals surface area contributed by atoms with Crippen molar-refractivity contribution in [3.8, 4) is 11.5 Å². The first-order valence-electron chi connectivity index (χ1n) is 8.93. The highest BCUT2D eigenvalue weighted by molar-refractivity contribution is 8.26. The molecule has 0 saturated carbocycles. The van der Waals surface area contributed by atoms with E-state index in [0.29, 0.717) is 32.3 Å². The molecule has 0 N–H and O–H groups in total. The first-order valence-corrected chi connectivity index (χ1v) is 10.5. The van der Waals surface area contributed by atoms with Crippen LogP contribution in [-0.4, -0.2) is 28.8 Å². The molecule has 2 aromatic carbocycles. The van der Waals surface area contributed by atoms with Crippen LogP contribution in [0, 0.1) is 5.82 Å². The molecule has 0 aromatic heterocycles. The van der Waals surface area contributed by atoms with Crippen molar-refractivity contribution < 1.29 is 18.7 Å². The molecule has 0 atom stereocenters. The third-order valence-corrected chi connectivity index (χ3v) is 5.97. The van der Waals surface area contributed by atoms with Gasteiger partial charge in [0.05, 0.1) is 17.0 Å². The average molecular weight is 452 g/mol. The highest BCUT2D eigenvalue weighted by Crippen LogP contribution is 2.35. The predicted molar refractivity (Wildman–Crippen MR) is 119 cm³/mol. The Morgan fingerprint density at radius 2 is 2.07 bits per heavy atom. The monoisotopic (exact) mass is 451 g/mol. The van der Waals surface area contributed by atoms with Crippen molar-refractivity contribution in [2.24, 2.45) is 0 Å². The Hall–Kier alpha value is -2.09. The summed E-state index contributed by atoms with van der Waals surface area (Å²) in [7, 11) is 1.52. The van der Waals surface area contributed by atoms with Crippen molar-refractivity contribution in [3.05, 3.63) is 63.3 Å². The average Bonchev–Trinajstić information content (AvgIpc) is 2.95. The summed E-state index contributed by atoms with van der Waals surface area (Å²) in [5.74, 6) is 0.378. The van der Waals surface area contributed by atoms with Gasteiger partial charge in [0.25, 0.3) is 5.91 Å². The number of thioether (sulfide) groups is 1. The molecular weight excluding hydrogens is 433 g/mol. The molecule has 1 heterocycles. The summed E-state index contributed by atoms with van der Waals surface area (Å²) in [6.45, 7) is 2.55. The Morgan fingerprint density at radius 3 is 2.76 bits per heavy atom. The number of benzene rings is 2. The number of nitrogens with zero attached hydrogens (tertiary/aromatic N) is 1. The van der Waals surface area contributed by atoms with Crippen molar-refractivity contribution in [1.82, 2.24) is 4.90 Å². The summed E-state index contributed by atoms with van der Waals surface area (Å²) in [6, 6.07) is 9.76. The number of rotatable bonds is 7. The number of hydrogen-bond acceptors (Lipinski definition) is 5. The van der Waals surface area contributed by atoms with E-state index in [-0.39, 0.29) is 18.1 Å². The van der Waals surface area contributed by atoms with Crippen LogP contribution < -0.4 is 9.47 Å². The lowest BCUT2D eigenvalue weighted by Gasteiger charge is -2.13. The number of ether oxygens (including phenoxy) is 2. The second-order valence-electron chi connectivity index (χ2n) is 6.23. The molecule has 1 saturated heterocycles. The van der Waals surface area contributed by atoms with Gasteiger partial charge in [-0.25, -0.2) is 4.39 Å². The van der Waals surface area contributed by atoms with E-state index in [1.807, 2.05) is 13.0 Å².